The lowest BCUT2D eigenvalue weighted by Gasteiger charge is -2.05. The van der Waals surface area contributed by atoms with Crippen LogP contribution in [0.2, 0.25) is 0 Å². The molecule has 0 bridgehead atoms. The van der Waals surface area contributed by atoms with E-state index in [1.54, 1.807) is 13.4 Å². The highest BCUT2D eigenvalue weighted by Gasteiger charge is 1.94. The van der Waals surface area contributed by atoms with Crippen LogP contribution in [-0.2, 0) is 4.74 Å². The Balaban J connectivity index is 1.99. The lowest BCUT2D eigenvalue weighted by atomic mass is 10.1. The molecule has 0 saturated heterocycles. The van der Waals surface area contributed by atoms with Crippen molar-refractivity contribution in [2.45, 2.75) is 25.7 Å². The Morgan fingerprint density at radius 1 is 1.17 bits per heavy atom. The van der Waals surface area contributed by atoms with Crippen LogP contribution in [0.1, 0.15) is 25.7 Å². The molecule has 1 aromatic rings. The Hall–Kier alpha value is -1.70. The smallest absolute Gasteiger partial charge is 0.119 e. The molecular weight excluding hydrogens is 224 g/mol. The fourth-order valence-electron chi connectivity index (χ4n) is 1.59. The fourth-order valence-corrected chi connectivity index (χ4v) is 1.59. The van der Waals surface area contributed by atoms with E-state index in [0.29, 0.717) is 0 Å². The Morgan fingerprint density at radius 2 is 1.94 bits per heavy atom. The monoisotopic (exact) mass is 246 g/mol. The standard InChI is InChI=1S/C16H22O2/c1-15(12-14-17-2)9-5-4-8-13-18-16-10-6-3-7-11-16/h3,6-7,10-12,14H,1,4-5,8-9,13H2,2H3/b14-12-. The average molecular weight is 246 g/mol. The Labute approximate surface area is 110 Å². The maximum atomic E-state index is 5.62. The quantitative estimate of drug-likeness (QED) is 0.366. The van der Waals surface area contributed by atoms with Crippen LogP contribution in [0.3, 0.4) is 0 Å². The molecule has 2 heteroatoms. The van der Waals surface area contributed by atoms with Gasteiger partial charge in [-0.3, -0.25) is 0 Å². The summed E-state index contributed by atoms with van der Waals surface area (Å²) in [6.07, 6.45) is 7.99. The van der Waals surface area contributed by atoms with Crippen LogP contribution in [-0.4, -0.2) is 13.7 Å². The van der Waals surface area contributed by atoms with E-state index in [0.717, 1.165) is 43.6 Å². The highest BCUT2D eigenvalue weighted by molar-refractivity contribution is 5.20. The first-order valence-corrected chi connectivity index (χ1v) is 6.38. The van der Waals surface area contributed by atoms with Crippen LogP contribution in [0, 0.1) is 0 Å². The number of hydrogen-bond donors (Lipinski definition) is 0. The predicted molar refractivity (Wildman–Crippen MR) is 75.7 cm³/mol. The second kappa shape index (κ2) is 9.34. The van der Waals surface area contributed by atoms with Crippen molar-refractivity contribution in [3.8, 4) is 5.75 Å². The minimum Gasteiger partial charge on any atom is -0.504 e. The number of para-hydroxylation sites is 1. The number of unbranched alkanes of at least 4 members (excludes halogenated alkanes) is 2. The van der Waals surface area contributed by atoms with Gasteiger partial charge in [0, 0.05) is 0 Å². The molecule has 0 heterocycles. The number of methoxy groups -OCH3 is 1. The molecule has 0 radical (unpaired) electrons. The van der Waals surface area contributed by atoms with Crippen LogP contribution in [0.25, 0.3) is 0 Å². The van der Waals surface area contributed by atoms with Crippen molar-refractivity contribution in [3.63, 3.8) is 0 Å². The Kier molecular flexibility index (Phi) is 7.45. The van der Waals surface area contributed by atoms with Gasteiger partial charge in [0.25, 0.3) is 0 Å². The first kappa shape index (κ1) is 14.4. The summed E-state index contributed by atoms with van der Waals surface area (Å²) in [6, 6.07) is 9.93. The van der Waals surface area contributed by atoms with E-state index in [1.165, 1.54) is 0 Å². The minimum absolute atomic E-state index is 0.782. The van der Waals surface area contributed by atoms with Gasteiger partial charge in [-0.05, 0) is 43.9 Å². The summed E-state index contributed by atoms with van der Waals surface area (Å²) in [5.41, 5.74) is 1.11. The molecule has 0 aliphatic rings. The van der Waals surface area contributed by atoms with Gasteiger partial charge < -0.3 is 9.47 Å². The van der Waals surface area contributed by atoms with Crippen molar-refractivity contribution < 1.29 is 9.47 Å². The Morgan fingerprint density at radius 3 is 2.67 bits per heavy atom. The maximum absolute atomic E-state index is 5.62. The zero-order valence-corrected chi connectivity index (χ0v) is 11.1. The topological polar surface area (TPSA) is 18.5 Å². The molecule has 0 amide bonds. The first-order valence-electron chi connectivity index (χ1n) is 6.38. The van der Waals surface area contributed by atoms with Crippen molar-refractivity contribution in [2.24, 2.45) is 0 Å². The molecule has 0 fully saturated rings. The van der Waals surface area contributed by atoms with Crippen LogP contribution >= 0.6 is 0 Å². The van der Waals surface area contributed by atoms with Gasteiger partial charge in [0.1, 0.15) is 5.75 Å². The van der Waals surface area contributed by atoms with Crippen LogP contribution < -0.4 is 4.74 Å². The molecule has 0 atom stereocenters. The third-order valence-corrected chi connectivity index (χ3v) is 2.59. The van der Waals surface area contributed by atoms with Gasteiger partial charge in [-0.25, -0.2) is 0 Å². The molecule has 98 valence electrons. The highest BCUT2D eigenvalue weighted by atomic mass is 16.5. The molecule has 0 aliphatic carbocycles. The molecule has 0 N–H and O–H groups in total. The third kappa shape index (κ3) is 6.79. The lowest BCUT2D eigenvalue weighted by molar-refractivity contribution is 0.305. The van der Waals surface area contributed by atoms with E-state index in [9.17, 15) is 0 Å². The molecule has 18 heavy (non-hydrogen) atoms. The average Bonchev–Trinajstić information content (AvgIpc) is 2.41. The summed E-state index contributed by atoms with van der Waals surface area (Å²) in [5, 5.41) is 0. The summed E-state index contributed by atoms with van der Waals surface area (Å²) in [7, 11) is 1.64. The van der Waals surface area contributed by atoms with Gasteiger partial charge in [0.15, 0.2) is 0 Å². The van der Waals surface area contributed by atoms with Crippen molar-refractivity contribution >= 4 is 0 Å². The number of benzene rings is 1. The zero-order valence-electron chi connectivity index (χ0n) is 11.1. The third-order valence-electron chi connectivity index (χ3n) is 2.59. The van der Waals surface area contributed by atoms with Gasteiger partial charge in [-0.1, -0.05) is 30.4 Å². The van der Waals surface area contributed by atoms with E-state index in [-0.39, 0.29) is 0 Å². The molecule has 1 rings (SSSR count). The van der Waals surface area contributed by atoms with Crippen molar-refractivity contribution in [2.75, 3.05) is 13.7 Å². The van der Waals surface area contributed by atoms with Crippen molar-refractivity contribution in [1.82, 2.24) is 0 Å². The van der Waals surface area contributed by atoms with Crippen molar-refractivity contribution in [3.05, 3.63) is 54.8 Å². The van der Waals surface area contributed by atoms with E-state index < -0.39 is 0 Å². The van der Waals surface area contributed by atoms with Crippen LogP contribution in [0.4, 0.5) is 0 Å². The summed E-state index contributed by atoms with van der Waals surface area (Å²) in [4.78, 5) is 0. The molecule has 0 unspecified atom stereocenters. The van der Waals surface area contributed by atoms with Crippen LogP contribution in [0.5, 0.6) is 5.75 Å². The molecule has 2 nitrogen and oxygen atoms in total. The fraction of sp³-hybridized carbons (Fsp3) is 0.375. The van der Waals surface area contributed by atoms with Crippen molar-refractivity contribution in [1.29, 1.82) is 0 Å². The normalized spacial score (nSPS) is 10.5. The number of ether oxygens (including phenoxy) is 2. The zero-order chi connectivity index (χ0) is 13.1. The largest absolute Gasteiger partial charge is 0.504 e. The maximum Gasteiger partial charge on any atom is 0.119 e. The SMILES string of the molecule is C=C(/C=C\OC)CCCCCOc1ccccc1. The lowest BCUT2D eigenvalue weighted by Crippen LogP contribution is -1.96. The number of allylic oxidation sites excluding steroid dienone is 2. The first-order chi connectivity index (χ1) is 8.83. The van der Waals surface area contributed by atoms with E-state index in [1.807, 2.05) is 36.4 Å². The summed E-state index contributed by atoms with van der Waals surface area (Å²) < 4.78 is 10.5. The van der Waals surface area contributed by atoms with E-state index in [4.69, 9.17) is 9.47 Å². The van der Waals surface area contributed by atoms with Gasteiger partial charge in [0.2, 0.25) is 0 Å². The van der Waals surface area contributed by atoms with Gasteiger partial charge >= 0.3 is 0 Å². The highest BCUT2D eigenvalue weighted by Crippen LogP contribution is 2.11. The minimum atomic E-state index is 0.782. The van der Waals surface area contributed by atoms with E-state index in [2.05, 4.69) is 6.58 Å². The van der Waals surface area contributed by atoms with Gasteiger partial charge in [0.05, 0.1) is 20.0 Å². The van der Waals surface area contributed by atoms with Crippen LogP contribution in [0.15, 0.2) is 54.8 Å². The number of hydrogen-bond acceptors (Lipinski definition) is 2. The van der Waals surface area contributed by atoms with Gasteiger partial charge in [-0.2, -0.15) is 0 Å². The molecule has 0 aromatic heterocycles. The molecule has 1 aromatic carbocycles. The van der Waals surface area contributed by atoms with E-state index >= 15 is 0 Å². The summed E-state index contributed by atoms with van der Waals surface area (Å²) >= 11 is 0. The second-order valence-electron chi connectivity index (χ2n) is 4.17. The molecule has 0 aliphatic heterocycles. The number of rotatable bonds is 9. The van der Waals surface area contributed by atoms with Gasteiger partial charge in [-0.15, -0.1) is 0 Å². The summed E-state index contributed by atoms with van der Waals surface area (Å²) in [6.45, 7) is 4.74. The molecule has 0 spiro atoms. The summed E-state index contributed by atoms with van der Waals surface area (Å²) in [5.74, 6) is 0.949. The molecular formula is C16H22O2. The Bertz CT molecular complexity index is 355. The predicted octanol–water partition coefficient (Wildman–Crippen LogP) is 4.34. The molecule has 0 saturated carbocycles. The second-order valence-corrected chi connectivity index (χ2v) is 4.17.